The average Bonchev–Trinajstić information content (AvgIpc) is 2.80. The van der Waals surface area contributed by atoms with Crippen LogP contribution in [0.2, 0.25) is 0 Å². The molecule has 2 aromatic carbocycles. The highest BCUT2D eigenvalue weighted by molar-refractivity contribution is 5.84. The van der Waals surface area contributed by atoms with Gasteiger partial charge in [0.15, 0.2) is 0 Å². The highest BCUT2D eigenvalue weighted by atomic mass is 19.1. The maximum absolute atomic E-state index is 13.1. The van der Waals surface area contributed by atoms with Gasteiger partial charge in [0.25, 0.3) is 0 Å². The van der Waals surface area contributed by atoms with Crippen molar-refractivity contribution in [2.24, 2.45) is 5.73 Å². The quantitative estimate of drug-likeness (QED) is 0.747. The molecule has 0 aliphatic rings. The largest absolute Gasteiger partial charge is 0.358 e. The van der Waals surface area contributed by atoms with Crippen LogP contribution in [0.5, 0.6) is 0 Å². The van der Waals surface area contributed by atoms with Crippen molar-refractivity contribution < 1.29 is 4.39 Å². The molecule has 0 fully saturated rings. The maximum Gasteiger partial charge on any atom is 0.123 e. The summed E-state index contributed by atoms with van der Waals surface area (Å²) in [5, 5.41) is 1.21. The topological polar surface area (TPSA) is 41.8 Å². The van der Waals surface area contributed by atoms with Gasteiger partial charge in [0.2, 0.25) is 0 Å². The fraction of sp³-hybridized carbons (Fsp3) is 0.176. The van der Waals surface area contributed by atoms with E-state index in [0.29, 0.717) is 6.54 Å². The highest BCUT2D eigenvalue weighted by Crippen LogP contribution is 2.30. The van der Waals surface area contributed by atoms with Crippen LogP contribution in [-0.2, 0) is 0 Å². The SMILES string of the molecule is Cc1c(C(CN)c2ccc(F)cc2)[nH]c2ccccc12. The Balaban J connectivity index is 2.11. The number of aromatic amines is 1. The van der Waals surface area contributed by atoms with Crippen LogP contribution in [0.4, 0.5) is 4.39 Å². The molecular formula is C17H17FN2. The molecule has 0 spiro atoms. The van der Waals surface area contributed by atoms with Gasteiger partial charge in [-0.1, -0.05) is 30.3 Å². The monoisotopic (exact) mass is 268 g/mol. The van der Waals surface area contributed by atoms with Gasteiger partial charge in [-0.3, -0.25) is 0 Å². The first-order valence-corrected chi connectivity index (χ1v) is 6.73. The number of halogens is 1. The van der Waals surface area contributed by atoms with Crippen LogP contribution in [0.15, 0.2) is 48.5 Å². The van der Waals surface area contributed by atoms with Crippen LogP contribution in [0.25, 0.3) is 10.9 Å². The van der Waals surface area contributed by atoms with Crippen molar-refractivity contribution in [1.82, 2.24) is 4.98 Å². The van der Waals surface area contributed by atoms with E-state index in [-0.39, 0.29) is 11.7 Å². The van der Waals surface area contributed by atoms with Crippen LogP contribution < -0.4 is 5.73 Å². The van der Waals surface area contributed by atoms with E-state index in [2.05, 4.69) is 24.0 Å². The number of nitrogens with two attached hydrogens (primary N) is 1. The summed E-state index contributed by atoms with van der Waals surface area (Å²) in [7, 11) is 0. The predicted octanol–water partition coefficient (Wildman–Crippen LogP) is 3.71. The van der Waals surface area contributed by atoms with Gasteiger partial charge in [-0.25, -0.2) is 4.39 Å². The van der Waals surface area contributed by atoms with Crippen molar-refractivity contribution in [1.29, 1.82) is 0 Å². The number of aryl methyl sites for hydroxylation is 1. The minimum atomic E-state index is -0.224. The van der Waals surface area contributed by atoms with E-state index >= 15 is 0 Å². The van der Waals surface area contributed by atoms with Crippen LogP contribution in [-0.4, -0.2) is 11.5 Å². The van der Waals surface area contributed by atoms with Gasteiger partial charge in [-0.2, -0.15) is 0 Å². The van der Waals surface area contributed by atoms with Crippen molar-refractivity contribution >= 4 is 10.9 Å². The van der Waals surface area contributed by atoms with Crippen molar-refractivity contribution in [3.8, 4) is 0 Å². The van der Waals surface area contributed by atoms with Crippen LogP contribution in [0.1, 0.15) is 22.7 Å². The first-order valence-electron chi connectivity index (χ1n) is 6.73. The molecule has 0 aliphatic heterocycles. The van der Waals surface area contributed by atoms with E-state index in [4.69, 9.17) is 5.73 Å². The Hall–Kier alpha value is -2.13. The molecule has 1 atom stereocenters. The highest BCUT2D eigenvalue weighted by Gasteiger charge is 2.18. The number of hydrogen-bond acceptors (Lipinski definition) is 1. The second-order valence-electron chi connectivity index (χ2n) is 5.05. The number of benzene rings is 2. The third-order valence-corrected chi connectivity index (χ3v) is 3.86. The molecule has 0 bridgehead atoms. The van der Waals surface area contributed by atoms with E-state index in [1.54, 1.807) is 12.1 Å². The summed E-state index contributed by atoms with van der Waals surface area (Å²) >= 11 is 0. The fourth-order valence-electron chi connectivity index (χ4n) is 2.77. The minimum Gasteiger partial charge on any atom is -0.358 e. The number of rotatable bonds is 3. The molecule has 0 aliphatic carbocycles. The molecule has 1 unspecified atom stereocenters. The van der Waals surface area contributed by atoms with Gasteiger partial charge in [-0.05, 0) is 36.2 Å². The Labute approximate surface area is 117 Å². The molecular weight excluding hydrogens is 251 g/mol. The summed E-state index contributed by atoms with van der Waals surface area (Å²) in [5.74, 6) is -0.166. The van der Waals surface area contributed by atoms with Crippen molar-refractivity contribution in [3.63, 3.8) is 0 Å². The summed E-state index contributed by atoms with van der Waals surface area (Å²) < 4.78 is 13.1. The Morgan fingerprint density at radius 3 is 2.45 bits per heavy atom. The molecule has 2 nitrogen and oxygen atoms in total. The maximum atomic E-state index is 13.1. The number of nitrogens with one attached hydrogen (secondary N) is 1. The van der Waals surface area contributed by atoms with Crippen LogP contribution >= 0.6 is 0 Å². The third-order valence-electron chi connectivity index (χ3n) is 3.86. The molecule has 1 heterocycles. The molecule has 3 heteroatoms. The first kappa shape index (κ1) is 12.9. The van der Waals surface area contributed by atoms with E-state index < -0.39 is 0 Å². The predicted molar refractivity (Wildman–Crippen MR) is 80.3 cm³/mol. The van der Waals surface area contributed by atoms with Gasteiger partial charge in [0.1, 0.15) is 5.82 Å². The fourth-order valence-corrected chi connectivity index (χ4v) is 2.77. The van der Waals surface area contributed by atoms with E-state index in [9.17, 15) is 4.39 Å². The molecule has 0 saturated carbocycles. The second-order valence-corrected chi connectivity index (χ2v) is 5.05. The second kappa shape index (κ2) is 5.10. The molecule has 0 saturated heterocycles. The minimum absolute atomic E-state index is 0.0583. The van der Waals surface area contributed by atoms with Crippen LogP contribution in [0, 0.1) is 12.7 Å². The number of hydrogen-bond donors (Lipinski definition) is 2. The van der Waals surface area contributed by atoms with Gasteiger partial charge in [-0.15, -0.1) is 0 Å². The summed E-state index contributed by atoms with van der Waals surface area (Å²) in [6, 6.07) is 14.8. The zero-order valence-corrected chi connectivity index (χ0v) is 11.4. The molecule has 3 N–H and O–H groups in total. The number of fused-ring (bicyclic) bond motifs is 1. The van der Waals surface area contributed by atoms with Crippen LogP contribution in [0.3, 0.4) is 0 Å². The molecule has 3 aromatic rings. The van der Waals surface area contributed by atoms with Gasteiger partial charge in [0.05, 0.1) is 0 Å². The van der Waals surface area contributed by atoms with E-state index in [1.807, 2.05) is 12.1 Å². The normalized spacial score (nSPS) is 12.8. The van der Waals surface area contributed by atoms with Gasteiger partial charge < -0.3 is 10.7 Å². The third kappa shape index (κ3) is 2.10. The van der Waals surface area contributed by atoms with Gasteiger partial charge in [0, 0.05) is 29.1 Å². The molecule has 0 radical (unpaired) electrons. The van der Waals surface area contributed by atoms with E-state index in [0.717, 1.165) is 16.8 Å². The lowest BCUT2D eigenvalue weighted by atomic mass is 9.93. The van der Waals surface area contributed by atoms with Crippen molar-refractivity contribution in [2.75, 3.05) is 6.54 Å². The summed E-state index contributed by atoms with van der Waals surface area (Å²) in [4.78, 5) is 3.45. The Morgan fingerprint density at radius 1 is 1.10 bits per heavy atom. The number of H-pyrrole nitrogens is 1. The van der Waals surface area contributed by atoms with Gasteiger partial charge >= 0.3 is 0 Å². The first-order chi connectivity index (χ1) is 9.70. The smallest absolute Gasteiger partial charge is 0.123 e. The Kier molecular flexibility index (Phi) is 3.28. The average molecular weight is 268 g/mol. The molecule has 3 rings (SSSR count). The van der Waals surface area contributed by atoms with Crippen molar-refractivity contribution in [2.45, 2.75) is 12.8 Å². The summed E-state index contributed by atoms with van der Waals surface area (Å²) in [5.41, 5.74) is 10.4. The Morgan fingerprint density at radius 2 is 1.80 bits per heavy atom. The van der Waals surface area contributed by atoms with Crippen molar-refractivity contribution in [3.05, 3.63) is 71.2 Å². The molecule has 1 aromatic heterocycles. The summed E-state index contributed by atoms with van der Waals surface area (Å²) in [6.45, 7) is 2.58. The standard InChI is InChI=1S/C17H17FN2/c1-11-14-4-2-3-5-16(14)20-17(11)15(10-19)12-6-8-13(18)9-7-12/h2-9,15,20H,10,19H2,1H3. The number of para-hydroxylation sites is 1. The number of aromatic nitrogens is 1. The molecule has 102 valence electrons. The molecule has 20 heavy (non-hydrogen) atoms. The Bertz CT molecular complexity index is 728. The lowest BCUT2D eigenvalue weighted by Crippen LogP contribution is -2.15. The lowest BCUT2D eigenvalue weighted by molar-refractivity contribution is 0.626. The molecule has 0 amide bonds. The summed E-state index contributed by atoms with van der Waals surface area (Å²) in [6.07, 6.45) is 0. The zero-order valence-electron chi connectivity index (χ0n) is 11.4. The lowest BCUT2D eigenvalue weighted by Gasteiger charge is -2.15. The van der Waals surface area contributed by atoms with E-state index in [1.165, 1.54) is 23.1 Å². The zero-order chi connectivity index (χ0) is 14.1.